The molecule has 1 N–H and O–H groups in total. The number of ether oxygens (including phenoxy) is 1. The van der Waals surface area contributed by atoms with Crippen LogP contribution in [0.5, 0.6) is 0 Å². The number of halogens is 1. The second kappa shape index (κ2) is 8.90. The number of aryl methyl sites for hydroxylation is 2. The molecule has 0 spiro atoms. The van der Waals surface area contributed by atoms with Gasteiger partial charge >= 0.3 is 5.97 Å². The molecule has 1 atom stereocenters. The molecular formula is C22H23ClN4O3S. The highest BCUT2D eigenvalue weighted by Gasteiger charge is 2.32. The summed E-state index contributed by atoms with van der Waals surface area (Å²) in [4.78, 5) is 18.7. The van der Waals surface area contributed by atoms with Gasteiger partial charge in [0.1, 0.15) is 16.9 Å². The average Bonchev–Trinajstić information content (AvgIpc) is 3.21. The second-order valence-electron chi connectivity index (χ2n) is 7.41. The number of fused-ring (bicyclic) bond motifs is 3. The summed E-state index contributed by atoms with van der Waals surface area (Å²) in [6.45, 7) is 6.21. The van der Waals surface area contributed by atoms with Gasteiger partial charge in [0, 0.05) is 34.1 Å². The third kappa shape index (κ3) is 4.15. The van der Waals surface area contributed by atoms with Gasteiger partial charge in [0.2, 0.25) is 0 Å². The molecule has 0 saturated heterocycles. The Balaban J connectivity index is 1.85. The lowest BCUT2D eigenvalue weighted by Crippen LogP contribution is -2.14. The number of benzene rings is 1. The monoisotopic (exact) mass is 458 g/mol. The van der Waals surface area contributed by atoms with Gasteiger partial charge in [-0.1, -0.05) is 23.7 Å². The number of aliphatic hydroxyl groups excluding tert-OH is 1. The molecule has 0 aliphatic carbocycles. The minimum atomic E-state index is -0.548. The number of esters is 1. The number of rotatable bonds is 6. The molecule has 31 heavy (non-hydrogen) atoms. The summed E-state index contributed by atoms with van der Waals surface area (Å²) in [5, 5.41) is 19.2. The lowest BCUT2D eigenvalue weighted by molar-refractivity contribution is -0.144. The van der Waals surface area contributed by atoms with Gasteiger partial charge in [-0.3, -0.25) is 14.4 Å². The van der Waals surface area contributed by atoms with Crippen molar-refractivity contribution in [2.45, 2.75) is 39.7 Å². The van der Waals surface area contributed by atoms with Gasteiger partial charge < -0.3 is 9.84 Å². The number of aliphatic hydroxyl groups is 1. The fraction of sp³-hybridized carbons (Fsp3) is 0.364. The van der Waals surface area contributed by atoms with Gasteiger partial charge in [0.25, 0.3) is 0 Å². The zero-order chi connectivity index (χ0) is 22.1. The van der Waals surface area contributed by atoms with Crippen LogP contribution in [0.1, 0.15) is 52.1 Å². The van der Waals surface area contributed by atoms with E-state index in [9.17, 15) is 4.79 Å². The number of aliphatic imine (C=N–C) groups is 1. The van der Waals surface area contributed by atoms with Crippen molar-refractivity contribution in [3.8, 4) is 5.00 Å². The first-order valence-electron chi connectivity index (χ1n) is 10.0. The van der Waals surface area contributed by atoms with Crippen LogP contribution in [0, 0.1) is 20.8 Å². The largest absolute Gasteiger partial charge is 0.466 e. The molecule has 3 heterocycles. The van der Waals surface area contributed by atoms with Crippen LogP contribution in [-0.4, -0.2) is 44.8 Å². The Labute approximate surface area is 189 Å². The Kier molecular flexibility index (Phi) is 6.22. The molecule has 1 aromatic carbocycles. The molecule has 0 radical (unpaired) electrons. The van der Waals surface area contributed by atoms with Crippen molar-refractivity contribution in [1.29, 1.82) is 0 Å². The summed E-state index contributed by atoms with van der Waals surface area (Å²) in [6.07, 6.45) is 0.439. The molecule has 0 unspecified atom stereocenters. The number of hydrogen-bond acceptors (Lipinski definition) is 7. The van der Waals surface area contributed by atoms with Gasteiger partial charge in [0.15, 0.2) is 5.82 Å². The standard InChI is InChI=1S/C22H23ClN4O3S/c1-12-13(2)31-22-19(12)20(15-5-7-16(23)8-6-15)24-17(11-18(29)30-10-4-9-28)21-26-25-14(3)27(21)22/h5-8,17,28H,4,9-11H2,1-3H3/t17-/m1/s1. The maximum absolute atomic E-state index is 12.5. The molecule has 0 saturated carbocycles. The first-order valence-corrected chi connectivity index (χ1v) is 11.2. The Morgan fingerprint density at radius 2 is 1.97 bits per heavy atom. The lowest BCUT2D eigenvalue weighted by atomic mass is 9.99. The third-order valence-corrected chi connectivity index (χ3v) is 6.73. The van der Waals surface area contributed by atoms with E-state index in [4.69, 9.17) is 26.4 Å². The van der Waals surface area contributed by atoms with Crippen LogP contribution >= 0.6 is 22.9 Å². The van der Waals surface area contributed by atoms with Crippen LogP contribution in [0.25, 0.3) is 5.00 Å². The first-order chi connectivity index (χ1) is 14.9. The number of nitrogens with zero attached hydrogens (tertiary/aromatic N) is 4. The third-order valence-electron chi connectivity index (χ3n) is 5.28. The molecule has 9 heteroatoms. The van der Waals surface area contributed by atoms with Crippen molar-refractivity contribution in [2.24, 2.45) is 4.99 Å². The van der Waals surface area contributed by atoms with Gasteiger partial charge in [-0.25, -0.2) is 0 Å². The van der Waals surface area contributed by atoms with Crippen LogP contribution < -0.4 is 0 Å². The molecular weight excluding hydrogens is 436 g/mol. The van der Waals surface area contributed by atoms with Crippen LogP contribution in [0.15, 0.2) is 29.3 Å². The Morgan fingerprint density at radius 1 is 1.23 bits per heavy atom. The quantitative estimate of drug-likeness (QED) is 0.443. The molecule has 4 rings (SSSR count). The normalized spacial score (nSPS) is 15.1. The van der Waals surface area contributed by atoms with Crippen molar-refractivity contribution in [2.75, 3.05) is 13.2 Å². The summed E-state index contributed by atoms with van der Waals surface area (Å²) in [6, 6.07) is 7.00. The van der Waals surface area contributed by atoms with Crippen LogP contribution in [0.3, 0.4) is 0 Å². The highest BCUT2D eigenvalue weighted by Crippen LogP contribution is 2.39. The molecule has 0 fully saturated rings. The fourth-order valence-electron chi connectivity index (χ4n) is 3.60. The number of aromatic nitrogens is 3. The van der Waals surface area contributed by atoms with E-state index >= 15 is 0 Å². The Bertz CT molecular complexity index is 1150. The highest BCUT2D eigenvalue weighted by atomic mass is 35.5. The summed E-state index contributed by atoms with van der Waals surface area (Å²) in [7, 11) is 0. The Hall–Kier alpha value is -2.55. The predicted octanol–water partition coefficient (Wildman–Crippen LogP) is 4.12. The zero-order valence-corrected chi connectivity index (χ0v) is 19.1. The molecule has 1 aliphatic rings. The van der Waals surface area contributed by atoms with Crippen LogP contribution in [0.4, 0.5) is 0 Å². The lowest BCUT2D eigenvalue weighted by Gasteiger charge is -2.12. The van der Waals surface area contributed by atoms with Crippen molar-refractivity contribution in [3.05, 3.63) is 62.5 Å². The highest BCUT2D eigenvalue weighted by molar-refractivity contribution is 7.15. The van der Waals surface area contributed by atoms with Crippen molar-refractivity contribution in [1.82, 2.24) is 14.8 Å². The average molecular weight is 459 g/mol. The van der Waals surface area contributed by atoms with Crippen molar-refractivity contribution in [3.63, 3.8) is 0 Å². The van der Waals surface area contributed by atoms with E-state index in [1.54, 1.807) is 11.3 Å². The molecule has 3 aromatic rings. The SMILES string of the molecule is Cc1sc2c(c1C)C(c1ccc(Cl)cc1)=N[C@H](CC(=O)OCCCO)c1nnc(C)n1-2. The molecule has 7 nitrogen and oxygen atoms in total. The van der Waals surface area contributed by atoms with Gasteiger partial charge in [-0.15, -0.1) is 21.5 Å². The summed E-state index contributed by atoms with van der Waals surface area (Å²) in [5.41, 5.74) is 3.87. The van der Waals surface area contributed by atoms with Gasteiger partial charge in [0.05, 0.1) is 18.7 Å². The molecule has 2 aromatic heterocycles. The van der Waals surface area contributed by atoms with E-state index in [1.807, 2.05) is 35.8 Å². The number of hydrogen-bond donors (Lipinski definition) is 1. The molecule has 0 amide bonds. The van der Waals surface area contributed by atoms with E-state index in [-0.39, 0.29) is 25.6 Å². The molecule has 1 aliphatic heterocycles. The maximum atomic E-state index is 12.5. The van der Waals surface area contributed by atoms with E-state index in [0.717, 1.165) is 33.2 Å². The van der Waals surface area contributed by atoms with Crippen molar-refractivity contribution >= 4 is 34.6 Å². The van der Waals surface area contributed by atoms with Gasteiger partial charge in [-0.05, 0) is 38.5 Å². The topological polar surface area (TPSA) is 89.6 Å². The smallest absolute Gasteiger partial charge is 0.308 e. The van der Waals surface area contributed by atoms with Gasteiger partial charge in [-0.2, -0.15) is 0 Å². The first kappa shape index (κ1) is 21.7. The number of carbonyl (C=O) groups excluding carboxylic acids is 1. The summed E-state index contributed by atoms with van der Waals surface area (Å²) < 4.78 is 7.26. The Morgan fingerprint density at radius 3 is 2.68 bits per heavy atom. The minimum Gasteiger partial charge on any atom is -0.466 e. The van der Waals surface area contributed by atoms with Crippen LogP contribution in [-0.2, 0) is 9.53 Å². The second-order valence-corrected chi connectivity index (χ2v) is 9.05. The maximum Gasteiger partial charge on any atom is 0.308 e. The van der Waals surface area contributed by atoms with E-state index in [0.29, 0.717) is 17.3 Å². The van der Waals surface area contributed by atoms with E-state index < -0.39 is 6.04 Å². The van der Waals surface area contributed by atoms with Crippen LogP contribution in [0.2, 0.25) is 5.02 Å². The van der Waals surface area contributed by atoms with Crippen molar-refractivity contribution < 1.29 is 14.6 Å². The van der Waals surface area contributed by atoms with E-state index in [2.05, 4.69) is 24.0 Å². The number of carbonyl (C=O) groups is 1. The van der Waals surface area contributed by atoms with E-state index in [1.165, 1.54) is 4.88 Å². The predicted molar refractivity (Wildman–Crippen MR) is 121 cm³/mol. The summed E-state index contributed by atoms with van der Waals surface area (Å²) in [5.74, 6) is 0.967. The minimum absolute atomic E-state index is 0.0259. The molecule has 162 valence electrons. The molecule has 0 bridgehead atoms. The summed E-state index contributed by atoms with van der Waals surface area (Å²) >= 11 is 7.78. The fourth-order valence-corrected chi connectivity index (χ4v) is 4.94. The number of thiophene rings is 1. The zero-order valence-electron chi connectivity index (χ0n) is 17.6.